The molecule has 2 unspecified atom stereocenters. The second kappa shape index (κ2) is 5.80. The van der Waals surface area contributed by atoms with Gasteiger partial charge in [0.05, 0.1) is 16.8 Å². The van der Waals surface area contributed by atoms with Crippen LogP contribution in [0.25, 0.3) is 0 Å². The van der Waals surface area contributed by atoms with Gasteiger partial charge in [-0.1, -0.05) is 30.3 Å². The van der Waals surface area contributed by atoms with Crippen molar-refractivity contribution in [1.29, 1.82) is 0 Å². The van der Waals surface area contributed by atoms with E-state index < -0.39 is 0 Å². The van der Waals surface area contributed by atoms with Gasteiger partial charge in [-0.15, -0.1) is 0 Å². The molecule has 0 saturated carbocycles. The molecule has 2 nitrogen and oxygen atoms in total. The van der Waals surface area contributed by atoms with Gasteiger partial charge in [-0.25, -0.2) is 4.39 Å². The van der Waals surface area contributed by atoms with Crippen LogP contribution in [-0.2, 0) is 0 Å². The van der Waals surface area contributed by atoms with E-state index in [0.29, 0.717) is 21.1 Å². The molecule has 0 amide bonds. The molecule has 1 N–H and O–H groups in total. The first-order valence-corrected chi connectivity index (χ1v) is 7.75. The van der Waals surface area contributed by atoms with Crippen molar-refractivity contribution < 1.29 is 4.39 Å². The molecule has 0 radical (unpaired) electrons. The van der Waals surface area contributed by atoms with Crippen LogP contribution in [0.3, 0.4) is 0 Å². The summed E-state index contributed by atoms with van der Waals surface area (Å²) < 4.78 is 13.7. The van der Waals surface area contributed by atoms with E-state index in [9.17, 15) is 4.39 Å². The fourth-order valence-corrected chi connectivity index (χ4v) is 3.55. The van der Waals surface area contributed by atoms with Crippen LogP contribution in [0, 0.1) is 11.7 Å². The number of benzene rings is 1. The number of nitrogens with zero attached hydrogens (tertiary/aromatic N) is 1. The second-order valence-electron chi connectivity index (χ2n) is 4.33. The molecule has 0 aromatic heterocycles. The molecular formula is C12H13BrClFN2S. The molecule has 1 aromatic rings. The molecule has 0 fully saturated rings. The van der Waals surface area contributed by atoms with Crippen molar-refractivity contribution in [1.82, 2.24) is 0 Å². The predicted molar refractivity (Wildman–Crippen MR) is 81.3 cm³/mol. The van der Waals surface area contributed by atoms with E-state index in [2.05, 4.69) is 40.1 Å². The zero-order valence-electron chi connectivity index (χ0n) is 10.0. The van der Waals surface area contributed by atoms with Gasteiger partial charge >= 0.3 is 0 Å². The third-order valence-corrected chi connectivity index (χ3v) is 4.96. The van der Waals surface area contributed by atoms with E-state index in [4.69, 9.17) is 11.6 Å². The van der Waals surface area contributed by atoms with Gasteiger partial charge in [0.15, 0.2) is 5.17 Å². The first kappa shape index (κ1) is 14.2. The third kappa shape index (κ3) is 3.19. The van der Waals surface area contributed by atoms with Crippen molar-refractivity contribution >= 4 is 50.1 Å². The van der Waals surface area contributed by atoms with Crippen molar-refractivity contribution in [2.24, 2.45) is 10.9 Å². The van der Waals surface area contributed by atoms with Crippen LogP contribution in [-0.4, -0.2) is 17.0 Å². The molecule has 6 heteroatoms. The van der Waals surface area contributed by atoms with Crippen molar-refractivity contribution in [2.75, 3.05) is 11.1 Å². The summed E-state index contributed by atoms with van der Waals surface area (Å²) in [5.74, 6) is 1.22. The number of halogens is 3. The Labute approximate surface area is 124 Å². The number of aliphatic imine (C=N–C) groups is 1. The van der Waals surface area contributed by atoms with Crippen LogP contribution >= 0.6 is 39.3 Å². The van der Waals surface area contributed by atoms with Gasteiger partial charge in [0.1, 0.15) is 5.82 Å². The molecular weight excluding hydrogens is 339 g/mol. The van der Waals surface area contributed by atoms with Gasteiger partial charge in [-0.2, -0.15) is 0 Å². The lowest BCUT2D eigenvalue weighted by atomic mass is 10.1. The Hall–Kier alpha value is -0.260. The SMILES string of the molecule is CC1CSC(Nc2c(Cl)cc(F)cc2Br)=NC1C. The molecule has 0 bridgehead atoms. The molecule has 0 spiro atoms. The van der Waals surface area contributed by atoms with Crippen molar-refractivity contribution in [2.45, 2.75) is 19.9 Å². The quantitative estimate of drug-likeness (QED) is 0.787. The Bertz CT molecular complexity index is 472. The van der Waals surface area contributed by atoms with E-state index in [1.807, 2.05) is 0 Å². The highest BCUT2D eigenvalue weighted by Gasteiger charge is 2.20. The Kier molecular flexibility index (Phi) is 4.56. The number of thioether (sulfide) groups is 1. The Morgan fingerprint density at radius 1 is 1.50 bits per heavy atom. The lowest BCUT2D eigenvalue weighted by Crippen LogP contribution is -2.25. The van der Waals surface area contributed by atoms with E-state index in [1.165, 1.54) is 12.1 Å². The number of hydrogen-bond acceptors (Lipinski definition) is 3. The summed E-state index contributed by atoms with van der Waals surface area (Å²) in [4.78, 5) is 4.56. The number of nitrogens with one attached hydrogen (secondary N) is 1. The summed E-state index contributed by atoms with van der Waals surface area (Å²) in [6.45, 7) is 4.27. The van der Waals surface area contributed by atoms with E-state index in [1.54, 1.807) is 11.8 Å². The van der Waals surface area contributed by atoms with Gasteiger partial charge in [0.2, 0.25) is 0 Å². The van der Waals surface area contributed by atoms with Crippen molar-refractivity contribution in [3.05, 3.63) is 27.4 Å². The lowest BCUT2D eigenvalue weighted by Gasteiger charge is -2.24. The molecule has 18 heavy (non-hydrogen) atoms. The van der Waals surface area contributed by atoms with Crippen molar-refractivity contribution in [3.8, 4) is 0 Å². The zero-order valence-corrected chi connectivity index (χ0v) is 13.2. The maximum absolute atomic E-state index is 13.1. The fraction of sp³-hybridized carbons (Fsp3) is 0.417. The summed E-state index contributed by atoms with van der Waals surface area (Å²) in [7, 11) is 0. The largest absolute Gasteiger partial charge is 0.333 e. The molecule has 0 aliphatic carbocycles. The standard InChI is InChI=1S/C12H13BrClFN2S/c1-6-5-18-12(16-7(6)2)17-11-9(13)3-8(15)4-10(11)14/h3-4,6-7H,5H2,1-2H3,(H,16,17). The maximum atomic E-state index is 13.1. The number of anilines is 1. The lowest BCUT2D eigenvalue weighted by molar-refractivity contribution is 0.537. The van der Waals surface area contributed by atoms with E-state index >= 15 is 0 Å². The number of rotatable bonds is 1. The highest BCUT2D eigenvalue weighted by molar-refractivity contribution is 9.10. The average molecular weight is 352 g/mol. The van der Waals surface area contributed by atoms with Crippen molar-refractivity contribution in [3.63, 3.8) is 0 Å². The molecule has 2 rings (SSSR count). The topological polar surface area (TPSA) is 24.4 Å². The van der Waals surface area contributed by atoms with Crippen LogP contribution in [0.1, 0.15) is 13.8 Å². The highest BCUT2D eigenvalue weighted by Crippen LogP contribution is 2.33. The van der Waals surface area contributed by atoms with Crippen LogP contribution in [0.2, 0.25) is 5.02 Å². The molecule has 0 saturated heterocycles. The number of amidine groups is 1. The summed E-state index contributed by atoms with van der Waals surface area (Å²) >= 11 is 11.0. The first-order chi connectivity index (χ1) is 8.47. The van der Waals surface area contributed by atoms with Gasteiger partial charge in [0, 0.05) is 10.2 Å². The van der Waals surface area contributed by atoms with Crippen LogP contribution in [0.5, 0.6) is 0 Å². The normalized spacial score (nSPS) is 23.7. The minimum Gasteiger partial charge on any atom is -0.333 e. The number of hydrogen-bond donors (Lipinski definition) is 1. The zero-order chi connectivity index (χ0) is 13.3. The summed E-state index contributed by atoms with van der Waals surface area (Å²) in [5, 5.41) is 4.34. The summed E-state index contributed by atoms with van der Waals surface area (Å²) in [6.07, 6.45) is 0. The maximum Gasteiger partial charge on any atom is 0.161 e. The van der Waals surface area contributed by atoms with E-state index in [-0.39, 0.29) is 11.9 Å². The van der Waals surface area contributed by atoms with Gasteiger partial charge < -0.3 is 5.32 Å². The van der Waals surface area contributed by atoms with E-state index in [0.717, 1.165) is 10.9 Å². The van der Waals surface area contributed by atoms with Crippen LogP contribution in [0.4, 0.5) is 10.1 Å². The highest BCUT2D eigenvalue weighted by atomic mass is 79.9. The summed E-state index contributed by atoms with van der Waals surface area (Å²) in [6, 6.07) is 2.95. The molecule has 2 atom stereocenters. The Morgan fingerprint density at radius 3 is 2.83 bits per heavy atom. The molecule has 1 heterocycles. The molecule has 98 valence electrons. The smallest absolute Gasteiger partial charge is 0.161 e. The van der Waals surface area contributed by atoms with Crippen LogP contribution in [0.15, 0.2) is 21.6 Å². The molecule has 1 aromatic carbocycles. The van der Waals surface area contributed by atoms with Crippen LogP contribution < -0.4 is 5.32 Å². The summed E-state index contributed by atoms with van der Waals surface area (Å²) in [5.41, 5.74) is 0.658. The third-order valence-electron chi connectivity index (χ3n) is 2.87. The Morgan fingerprint density at radius 2 is 2.22 bits per heavy atom. The first-order valence-electron chi connectivity index (χ1n) is 5.59. The minimum absolute atomic E-state index is 0.284. The van der Waals surface area contributed by atoms with Gasteiger partial charge in [-0.3, -0.25) is 4.99 Å². The van der Waals surface area contributed by atoms with Gasteiger partial charge in [-0.05, 0) is 40.9 Å². The predicted octanol–water partition coefficient (Wildman–Crippen LogP) is 4.78. The Balaban J connectivity index is 2.23. The fourth-order valence-electron chi connectivity index (χ4n) is 1.54. The van der Waals surface area contributed by atoms with Gasteiger partial charge in [0.25, 0.3) is 0 Å². The minimum atomic E-state index is -0.363. The molecule has 1 aliphatic heterocycles. The average Bonchev–Trinajstić information content (AvgIpc) is 2.28. The molecule has 1 aliphatic rings. The monoisotopic (exact) mass is 350 g/mol. The second-order valence-corrected chi connectivity index (χ2v) is 6.60.